The summed E-state index contributed by atoms with van der Waals surface area (Å²) >= 11 is 0. The van der Waals surface area contributed by atoms with Crippen molar-refractivity contribution in [1.82, 2.24) is 10.6 Å². The molecule has 0 fully saturated rings. The molecule has 6 aromatic rings. The standard InChI is InChI=1S/C52H52N2O10/c1-35(2)48(55)61-29-27-53-50(57)63-33-31-59-44-25-21-39-15-9-11-17-42(39)46(44)52(5,41-23-19-38(20-24-41)37-13-7-6-8-14-37)47-43-18-12-10-16-40(43)22-26-45(47)60-32-34-64-51(58)54-28-30-62-49(56)36(3)4/h6-26H,1,3,27-34H2,2,4-5H3,(H,53,57)(H,54,58). The molecule has 0 aliphatic rings. The van der Waals surface area contributed by atoms with Gasteiger partial charge in [0.1, 0.15) is 51.1 Å². The first-order chi connectivity index (χ1) is 31.0. The lowest BCUT2D eigenvalue weighted by molar-refractivity contribution is -0.139. The molecule has 0 bridgehead atoms. The number of ether oxygens (including phenoxy) is 6. The third-order valence-electron chi connectivity index (χ3n) is 10.4. The van der Waals surface area contributed by atoms with Gasteiger partial charge in [0.25, 0.3) is 0 Å². The third-order valence-corrected chi connectivity index (χ3v) is 10.4. The third kappa shape index (κ3) is 11.4. The van der Waals surface area contributed by atoms with Crippen LogP contribution in [0.5, 0.6) is 11.5 Å². The monoisotopic (exact) mass is 864 g/mol. The quantitative estimate of drug-likeness (QED) is 0.0250. The van der Waals surface area contributed by atoms with E-state index in [9.17, 15) is 19.2 Å². The van der Waals surface area contributed by atoms with Crippen molar-refractivity contribution < 1.29 is 47.6 Å². The van der Waals surface area contributed by atoms with Gasteiger partial charge in [0.15, 0.2) is 0 Å². The van der Waals surface area contributed by atoms with Gasteiger partial charge in [-0.3, -0.25) is 0 Å². The molecule has 0 aliphatic carbocycles. The van der Waals surface area contributed by atoms with Crippen molar-refractivity contribution in [3.63, 3.8) is 0 Å². The molecule has 6 rings (SSSR count). The van der Waals surface area contributed by atoms with E-state index >= 15 is 0 Å². The minimum Gasteiger partial charge on any atom is -0.490 e. The zero-order valence-corrected chi connectivity index (χ0v) is 36.3. The average Bonchev–Trinajstić information content (AvgIpc) is 3.31. The van der Waals surface area contributed by atoms with Crippen molar-refractivity contribution in [2.45, 2.75) is 26.2 Å². The molecule has 64 heavy (non-hydrogen) atoms. The molecule has 2 amide bonds. The van der Waals surface area contributed by atoms with Crippen LogP contribution >= 0.6 is 0 Å². The van der Waals surface area contributed by atoms with Crippen LogP contribution in [0.25, 0.3) is 32.7 Å². The van der Waals surface area contributed by atoms with Crippen molar-refractivity contribution in [2.24, 2.45) is 0 Å². The van der Waals surface area contributed by atoms with Crippen LogP contribution < -0.4 is 20.1 Å². The lowest BCUT2D eigenvalue weighted by Gasteiger charge is -2.36. The summed E-state index contributed by atoms with van der Waals surface area (Å²) in [6.07, 6.45) is -1.36. The van der Waals surface area contributed by atoms with Gasteiger partial charge in [-0.05, 0) is 71.1 Å². The number of amides is 2. The number of alkyl carbamates (subject to hydrolysis) is 2. The van der Waals surface area contributed by atoms with Gasteiger partial charge in [0, 0.05) is 22.3 Å². The van der Waals surface area contributed by atoms with E-state index in [4.69, 9.17) is 28.4 Å². The van der Waals surface area contributed by atoms with Crippen LogP contribution in [-0.2, 0) is 34.0 Å². The maximum absolute atomic E-state index is 12.5. The maximum atomic E-state index is 12.5. The molecule has 0 unspecified atom stereocenters. The predicted molar refractivity (Wildman–Crippen MR) is 247 cm³/mol. The molecule has 0 atom stereocenters. The molecule has 12 heteroatoms. The van der Waals surface area contributed by atoms with Crippen molar-refractivity contribution in [1.29, 1.82) is 0 Å². The maximum Gasteiger partial charge on any atom is 0.407 e. The lowest BCUT2D eigenvalue weighted by Crippen LogP contribution is -2.31. The molecule has 12 nitrogen and oxygen atoms in total. The summed E-state index contributed by atoms with van der Waals surface area (Å²) < 4.78 is 34.1. The van der Waals surface area contributed by atoms with Gasteiger partial charge in [-0.25, -0.2) is 19.2 Å². The van der Waals surface area contributed by atoms with E-state index in [1.807, 2.05) is 66.7 Å². The molecule has 0 saturated heterocycles. The van der Waals surface area contributed by atoms with Crippen molar-refractivity contribution in [3.05, 3.63) is 168 Å². The second kappa shape index (κ2) is 22.0. The molecule has 6 aromatic carbocycles. The predicted octanol–water partition coefficient (Wildman–Crippen LogP) is 9.46. The molecule has 0 spiro atoms. The average molecular weight is 865 g/mol. The van der Waals surface area contributed by atoms with E-state index < -0.39 is 29.5 Å². The number of rotatable bonds is 20. The number of hydrogen-bond acceptors (Lipinski definition) is 10. The molecule has 2 N–H and O–H groups in total. The van der Waals surface area contributed by atoms with E-state index in [-0.39, 0.29) is 63.9 Å². The normalized spacial score (nSPS) is 11.0. The van der Waals surface area contributed by atoms with Gasteiger partial charge in [-0.1, -0.05) is 128 Å². The van der Waals surface area contributed by atoms with Gasteiger partial charge in [-0.15, -0.1) is 0 Å². The largest absolute Gasteiger partial charge is 0.490 e. The van der Waals surface area contributed by atoms with E-state index in [1.54, 1.807) is 13.8 Å². The zero-order chi connectivity index (χ0) is 45.5. The highest BCUT2D eigenvalue weighted by molar-refractivity contribution is 5.95. The van der Waals surface area contributed by atoms with Gasteiger partial charge in [-0.2, -0.15) is 0 Å². The van der Waals surface area contributed by atoms with E-state index in [2.05, 4.69) is 91.4 Å². The van der Waals surface area contributed by atoms with Crippen LogP contribution in [0.15, 0.2) is 152 Å². The zero-order valence-electron chi connectivity index (χ0n) is 36.3. The van der Waals surface area contributed by atoms with Crippen LogP contribution in [0.4, 0.5) is 9.59 Å². The van der Waals surface area contributed by atoms with Crippen LogP contribution in [-0.4, -0.2) is 76.9 Å². The SMILES string of the molecule is C=C(C)C(=O)OCCNC(=O)OCCOc1ccc2ccccc2c1C(C)(c1ccc(-c2ccccc2)cc1)c1c(OCCOC(=O)NCCOC(=O)C(=C)C)ccc2ccccc12. The minimum absolute atomic E-state index is 0.0265. The number of esters is 2. The molecule has 0 radical (unpaired) electrons. The first kappa shape index (κ1) is 45.9. The van der Waals surface area contributed by atoms with Crippen LogP contribution in [0.3, 0.4) is 0 Å². The second-order valence-corrected chi connectivity index (χ2v) is 15.0. The Hall–Kier alpha value is -7.60. The summed E-state index contributed by atoms with van der Waals surface area (Å²) in [6, 6.07) is 42.7. The van der Waals surface area contributed by atoms with Gasteiger partial charge in [0.05, 0.1) is 18.5 Å². The number of carbonyl (C=O) groups excluding carboxylic acids is 4. The highest BCUT2D eigenvalue weighted by Gasteiger charge is 2.39. The molecular formula is C52H52N2O10. The number of fused-ring (bicyclic) bond motifs is 2. The van der Waals surface area contributed by atoms with E-state index in [0.29, 0.717) is 11.5 Å². The Morgan fingerprint density at radius 1 is 0.484 bits per heavy atom. The van der Waals surface area contributed by atoms with E-state index in [0.717, 1.165) is 49.4 Å². The van der Waals surface area contributed by atoms with Crippen molar-refractivity contribution in [3.8, 4) is 22.6 Å². The first-order valence-corrected chi connectivity index (χ1v) is 20.9. The number of carbonyl (C=O) groups is 4. The van der Waals surface area contributed by atoms with Crippen LogP contribution in [0.1, 0.15) is 37.5 Å². The summed E-state index contributed by atoms with van der Waals surface area (Å²) in [5, 5.41) is 8.99. The summed E-state index contributed by atoms with van der Waals surface area (Å²) in [7, 11) is 0. The summed E-state index contributed by atoms with van der Waals surface area (Å²) in [5.41, 5.74) is 4.33. The summed E-state index contributed by atoms with van der Waals surface area (Å²) in [5.74, 6) is 0.0556. The fraction of sp³-hybridized carbons (Fsp3) is 0.231. The summed E-state index contributed by atoms with van der Waals surface area (Å²) in [4.78, 5) is 48.4. The fourth-order valence-corrected chi connectivity index (χ4v) is 7.33. The Morgan fingerprint density at radius 3 is 1.36 bits per heavy atom. The lowest BCUT2D eigenvalue weighted by atomic mass is 9.67. The summed E-state index contributed by atoms with van der Waals surface area (Å²) in [6.45, 7) is 12.4. The van der Waals surface area contributed by atoms with Crippen LogP contribution in [0, 0.1) is 0 Å². The molecule has 0 aromatic heterocycles. The number of benzene rings is 6. The van der Waals surface area contributed by atoms with E-state index in [1.165, 1.54) is 0 Å². The minimum atomic E-state index is -0.972. The smallest absolute Gasteiger partial charge is 0.407 e. The Bertz CT molecular complexity index is 2490. The van der Waals surface area contributed by atoms with Crippen molar-refractivity contribution >= 4 is 45.7 Å². The van der Waals surface area contributed by atoms with Crippen molar-refractivity contribution in [2.75, 3.05) is 52.7 Å². The Morgan fingerprint density at radius 2 is 0.906 bits per heavy atom. The fourth-order valence-electron chi connectivity index (χ4n) is 7.33. The Labute approximate surface area is 372 Å². The van der Waals surface area contributed by atoms with Gasteiger partial charge >= 0.3 is 24.1 Å². The molecular weight excluding hydrogens is 813 g/mol. The number of nitrogens with one attached hydrogen (secondary N) is 2. The number of hydrogen-bond donors (Lipinski definition) is 2. The topological polar surface area (TPSA) is 148 Å². The van der Waals surface area contributed by atoms with Crippen LogP contribution in [0.2, 0.25) is 0 Å². The van der Waals surface area contributed by atoms with Gasteiger partial charge in [0.2, 0.25) is 0 Å². The molecule has 330 valence electrons. The molecule has 0 heterocycles. The highest BCUT2D eigenvalue weighted by Crippen LogP contribution is 2.51. The Kier molecular flexibility index (Phi) is 15.8. The second-order valence-electron chi connectivity index (χ2n) is 15.0. The van der Waals surface area contributed by atoms with Gasteiger partial charge < -0.3 is 39.1 Å². The first-order valence-electron chi connectivity index (χ1n) is 20.9. The highest BCUT2D eigenvalue weighted by atomic mass is 16.6. The Balaban J connectivity index is 1.34. The molecule has 0 aliphatic heterocycles. The molecule has 0 saturated carbocycles.